The number of benzene rings is 2. The van der Waals surface area contributed by atoms with Crippen LogP contribution in [-0.2, 0) is 16.6 Å². The number of imidazole rings is 1. The molecular formula is C46H55ClFN9O5S. The largest absolute Gasteiger partial charge is 0.388 e. The zero-order valence-electron chi connectivity index (χ0n) is 36.4. The van der Waals surface area contributed by atoms with E-state index in [4.69, 9.17) is 16.6 Å². The number of imide groups is 1. The molecule has 1 aliphatic carbocycles. The molecule has 0 radical (unpaired) electrons. The van der Waals surface area contributed by atoms with Crippen molar-refractivity contribution in [3.05, 3.63) is 79.8 Å². The van der Waals surface area contributed by atoms with Crippen LogP contribution < -0.4 is 26.8 Å². The Labute approximate surface area is 374 Å². The lowest BCUT2D eigenvalue weighted by molar-refractivity contribution is -0.135. The van der Waals surface area contributed by atoms with Crippen molar-refractivity contribution in [3.8, 4) is 0 Å². The SMILES string of the molecule is Cc1cc(SC2CC3(CCN(CC4CCN(c5ccc6c(c5F)n(C)c(=O)n6C5CCC(=O)NC5=O)CC4)CC3)C2)ccc1Nc1ncc2cc(Cl)c(=O)n([C@@H](C)C(C)(C)O)c2n1. The topological polar surface area (TPSA) is 160 Å². The van der Waals surface area contributed by atoms with Crippen LogP contribution in [0.25, 0.3) is 22.1 Å². The van der Waals surface area contributed by atoms with E-state index < -0.39 is 40.7 Å². The molecule has 9 rings (SSSR count). The molecule has 1 unspecified atom stereocenters. The molecule has 4 fully saturated rings. The number of halogens is 2. The van der Waals surface area contributed by atoms with Gasteiger partial charge in [0.2, 0.25) is 17.8 Å². The number of piperidine rings is 3. The van der Waals surface area contributed by atoms with E-state index in [9.17, 15) is 24.3 Å². The highest BCUT2D eigenvalue weighted by molar-refractivity contribution is 8.00. The monoisotopic (exact) mass is 899 g/mol. The number of hydrogen-bond acceptors (Lipinski definition) is 11. The van der Waals surface area contributed by atoms with Gasteiger partial charge in [0, 0.05) is 60.5 Å². The number of aliphatic hydroxyl groups is 1. The number of fused-ring (bicyclic) bond motifs is 2. The van der Waals surface area contributed by atoms with E-state index in [2.05, 4.69) is 50.5 Å². The van der Waals surface area contributed by atoms with Crippen LogP contribution in [0, 0.1) is 24.1 Å². The molecule has 1 saturated carbocycles. The minimum atomic E-state index is -1.18. The zero-order chi connectivity index (χ0) is 44.5. The standard InChI is InChI=1S/C46H55ClFN9O5S/c1-26-20-30(6-7-33(26)50-43-49-24-29-21-32(47)42(60)56(40(29)52-43)27(2)45(3,4)62)63-31-22-46(23-31)14-18-54(19-15-46)25-28-12-16-55(17-13-28)34-8-9-35-39(38(34)48)53(5)44(61)57(35)36-10-11-37(58)51-41(36)59/h6-9,20-21,24,27-28,31,36,62H,10-19,22-23,25H2,1-5H3,(H,49,50,52)(H,51,58,59)/t27-,36?/m0/s1. The predicted molar refractivity (Wildman–Crippen MR) is 245 cm³/mol. The Bertz CT molecular complexity index is 2740. The summed E-state index contributed by atoms with van der Waals surface area (Å²) in [7, 11) is 1.53. The summed E-state index contributed by atoms with van der Waals surface area (Å²) in [5.74, 6) is -0.454. The Morgan fingerprint density at radius 2 is 1.78 bits per heavy atom. The normalized spacial score (nSPS) is 20.7. The van der Waals surface area contributed by atoms with Crippen molar-refractivity contribution in [2.45, 2.75) is 107 Å². The third kappa shape index (κ3) is 8.28. The molecular weight excluding hydrogens is 845 g/mol. The molecule has 3 aliphatic heterocycles. The minimum absolute atomic E-state index is 0.0485. The Hall–Kier alpha value is -4.77. The van der Waals surface area contributed by atoms with Crippen LogP contribution in [0.15, 0.2) is 57.1 Å². The van der Waals surface area contributed by atoms with Crippen molar-refractivity contribution in [1.29, 1.82) is 0 Å². The number of thioether (sulfide) groups is 1. The summed E-state index contributed by atoms with van der Waals surface area (Å²) in [5, 5.41) is 17.6. The molecule has 3 aromatic heterocycles. The highest BCUT2D eigenvalue weighted by Crippen LogP contribution is 2.55. The second kappa shape index (κ2) is 16.7. The summed E-state index contributed by atoms with van der Waals surface area (Å²) in [5.41, 5.74) is 1.71. The maximum atomic E-state index is 16.2. The summed E-state index contributed by atoms with van der Waals surface area (Å²) < 4.78 is 20.2. The third-order valence-corrected chi connectivity index (χ3v) is 15.7. The van der Waals surface area contributed by atoms with Gasteiger partial charge < -0.3 is 20.2 Å². The number of anilines is 3. The van der Waals surface area contributed by atoms with E-state index in [0.29, 0.717) is 44.8 Å². The minimum Gasteiger partial charge on any atom is -0.388 e. The van der Waals surface area contributed by atoms with Gasteiger partial charge in [0.15, 0.2) is 5.82 Å². The number of aryl methyl sites for hydroxylation is 2. The number of nitrogens with one attached hydrogen (secondary N) is 2. The maximum absolute atomic E-state index is 16.2. The lowest BCUT2D eigenvalue weighted by Crippen LogP contribution is -2.49. The van der Waals surface area contributed by atoms with Gasteiger partial charge in [0.05, 0.1) is 22.8 Å². The van der Waals surface area contributed by atoms with Crippen LogP contribution in [0.5, 0.6) is 0 Å². The number of rotatable bonds is 10. The van der Waals surface area contributed by atoms with Crippen molar-refractivity contribution in [1.82, 2.24) is 33.9 Å². The quantitative estimate of drug-likeness (QED) is 0.126. The number of pyridine rings is 1. The van der Waals surface area contributed by atoms with Crippen molar-refractivity contribution >= 4 is 74.6 Å². The van der Waals surface area contributed by atoms with Crippen LogP contribution in [0.1, 0.15) is 89.8 Å². The van der Waals surface area contributed by atoms with Gasteiger partial charge in [0.1, 0.15) is 22.2 Å². The van der Waals surface area contributed by atoms with Crippen LogP contribution in [0.4, 0.5) is 21.7 Å². The summed E-state index contributed by atoms with van der Waals surface area (Å²) in [4.78, 5) is 65.8. The first-order valence-electron chi connectivity index (χ1n) is 22.0. The Kier molecular flexibility index (Phi) is 11.5. The molecule has 14 nitrogen and oxygen atoms in total. The molecule has 0 bridgehead atoms. The van der Waals surface area contributed by atoms with E-state index in [1.54, 1.807) is 45.2 Å². The van der Waals surface area contributed by atoms with E-state index in [1.165, 1.54) is 51.3 Å². The van der Waals surface area contributed by atoms with E-state index in [-0.39, 0.29) is 29.3 Å². The first kappa shape index (κ1) is 43.5. The van der Waals surface area contributed by atoms with Crippen molar-refractivity contribution in [3.63, 3.8) is 0 Å². The predicted octanol–water partition coefficient (Wildman–Crippen LogP) is 6.85. The average molecular weight is 901 g/mol. The van der Waals surface area contributed by atoms with Crippen LogP contribution >= 0.6 is 23.4 Å². The van der Waals surface area contributed by atoms with E-state index in [1.807, 2.05) is 11.8 Å². The van der Waals surface area contributed by atoms with E-state index >= 15 is 4.39 Å². The summed E-state index contributed by atoms with van der Waals surface area (Å²) in [6.07, 6.45) is 8.79. The number of aromatic nitrogens is 5. The second-order valence-electron chi connectivity index (χ2n) is 18.9. The Balaban J connectivity index is 0.753. The van der Waals surface area contributed by atoms with Gasteiger partial charge in [-0.2, -0.15) is 4.98 Å². The molecule has 2 amide bonds. The smallest absolute Gasteiger partial charge is 0.329 e. The second-order valence-corrected chi connectivity index (χ2v) is 20.7. The number of likely N-dealkylation sites (tertiary alicyclic amines) is 1. The maximum Gasteiger partial charge on any atom is 0.329 e. The van der Waals surface area contributed by atoms with Gasteiger partial charge in [0.25, 0.3) is 5.56 Å². The van der Waals surface area contributed by atoms with Crippen LogP contribution in [0.3, 0.4) is 0 Å². The highest BCUT2D eigenvalue weighted by atomic mass is 35.5. The molecule has 4 aliphatic rings. The van der Waals surface area contributed by atoms with Gasteiger partial charge in [-0.05, 0) is 139 Å². The fourth-order valence-electron chi connectivity index (χ4n) is 10.2. The van der Waals surface area contributed by atoms with Crippen molar-refractivity contribution in [2.24, 2.45) is 18.4 Å². The number of carbonyl (C=O) groups is 2. The van der Waals surface area contributed by atoms with Gasteiger partial charge in [-0.3, -0.25) is 33.4 Å². The summed E-state index contributed by atoms with van der Waals surface area (Å²) in [6, 6.07) is 9.99. The molecule has 6 heterocycles. The number of hydrogen-bond donors (Lipinski definition) is 3. The number of nitrogens with zero attached hydrogens (tertiary/aromatic N) is 7. The molecule has 3 saturated heterocycles. The summed E-state index contributed by atoms with van der Waals surface area (Å²) >= 11 is 8.22. The third-order valence-electron chi connectivity index (χ3n) is 14.3. The fraction of sp³-hybridized carbons (Fsp3) is 0.522. The van der Waals surface area contributed by atoms with E-state index in [0.717, 1.165) is 56.8 Å². The molecule has 3 N–H and O–H groups in total. The molecule has 2 aromatic carbocycles. The summed E-state index contributed by atoms with van der Waals surface area (Å²) in [6.45, 7) is 11.9. The first-order valence-corrected chi connectivity index (χ1v) is 23.3. The highest BCUT2D eigenvalue weighted by Gasteiger charge is 2.46. The van der Waals surface area contributed by atoms with Gasteiger partial charge in [-0.25, -0.2) is 14.2 Å². The fourth-order valence-corrected chi connectivity index (χ4v) is 12.1. The van der Waals surface area contributed by atoms with Crippen molar-refractivity contribution < 1.29 is 19.1 Å². The average Bonchev–Trinajstić information content (AvgIpc) is 3.48. The molecule has 5 aromatic rings. The number of carbonyl (C=O) groups excluding carboxylic acids is 2. The van der Waals surface area contributed by atoms with Crippen LogP contribution in [-0.4, -0.2) is 89.1 Å². The lowest BCUT2D eigenvalue weighted by Gasteiger charge is -2.52. The Morgan fingerprint density at radius 3 is 2.46 bits per heavy atom. The lowest BCUT2D eigenvalue weighted by atomic mass is 9.63. The molecule has 17 heteroatoms. The van der Waals surface area contributed by atoms with Gasteiger partial charge >= 0.3 is 5.69 Å². The van der Waals surface area contributed by atoms with Crippen LogP contribution in [0.2, 0.25) is 5.02 Å². The molecule has 1 spiro atoms. The first-order chi connectivity index (χ1) is 30.0. The van der Waals surface area contributed by atoms with Crippen molar-refractivity contribution in [2.75, 3.05) is 42.9 Å². The molecule has 2 atom stereocenters. The Morgan fingerprint density at radius 1 is 1.05 bits per heavy atom. The zero-order valence-corrected chi connectivity index (χ0v) is 38.0. The molecule has 334 valence electrons. The van der Waals surface area contributed by atoms with Gasteiger partial charge in [-0.15, -0.1) is 11.8 Å². The van der Waals surface area contributed by atoms with Gasteiger partial charge in [-0.1, -0.05) is 11.6 Å². The number of amides is 2. The molecule has 63 heavy (non-hydrogen) atoms.